The van der Waals surface area contributed by atoms with E-state index in [1.165, 1.54) is 19.9 Å². The summed E-state index contributed by atoms with van der Waals surface area (Å²) in [6.07, 6.45) is 4.34. The van der Waals surface area contributed by atoms with E-state index < -0.39 is 78.8 Å². The average molecular weight is 1070 g/mol. The van der Waals surface area contributed by atoms with E-state index >= 15 is 0 Å². The molecule has 2 aromatic carbocycles. The summed E-state index contributed by atoms with van der Waals surface area (Å²) < 4.78 is 78.9. The highest BCUT2D eigenvalue weighted by Crippen LogP contribution is 2.43. The third-order valence-electron chi connectivity index (χ3n) is 13.7. The Labute approximate surface area is 433 Å². The Bertz CT molecular complexity index is 2780. The molecule has 1 saturated heterocycles. The molecule has 5 atom stereocenters. The molecule has 0 spiro atoms. The normalized spacial score (nSPS) is 18.7. The Morgan fingerprint density at radius 3 is 2.40 bits per heavy atom. The number of likely N-dealkylation sites (tertiary alicyclic amines) is 1. The van der Waals surface area contributed by atoms with Gasteiger partial charge in [-0.05, 0) is 121 Å². The molecule has 19 nitrogen and oxygen atoms in total. The summed E-state index contributed by atoms with van der Waals surface area (Å²) >= 11 is 0.592. The van der Waals surface area contributed by atoms with Gasteiger partial charge in [-0.2, -0.15) is 5.10 Å². The van der Waals surface area contributed by atoms with E-state index in [2.05, 4.69) is 25.7 Å². The minimum absolute atomic E-state index is 0.0497. The monoisotopic (exact) mass is 1070 g/mol. The van der Waals surface area contributed by atoms with Crippen molar-refractivity contribution in [1.82, 2.24) is 30.0 Å². The molecule has 0 saturated carbocycles. The number of carbonyl (C=O) groups excluding carboxylic acids is 4. The zero-order valence-corrected chi connectivity index (χ0v) is 45.5. The Kier molecular flexibility index (Phi) is 19.4. The minimum atomic E-state index is -4.48. The van der Waals surface area contributed by atoms with E-state index in [0.29, 0.717) is 47.2 Å². The zero-order valence-electron chi connectivity index (χ0n) is 43.1. The van der Waals surface area contributed by atoms with Crippen molar-refractivity contribution in [3.8, 4) is 22.6 Å². The number of anilines is 1. The first kappa shape index (κ1) is 57.1. The maximum Gasteiger partial charge on any atom is 0.322 e. The lowest BCUT2D eigenvalue weighted by Gasteiger charge is -2.35. The second kappa shape index (κ2) is 24.9. The van der Waals surface area contributed by atoms with E-state index in [0.717, 1.165) is 49.2 Å². The predicted molar refractivity (Wildman–Crippen MR) is 278 cm³/mol. The van der Waals surface area contributed by atoms with Crippen molar-refractivity contribution in [3.63, 3.8) is 0 Å². The molecular weight excluding hydrogens is 999 g/mol. The molecule has 6 rings (SSSR count). The first-order valence-corrected chi connectivity index (χ1v) is 28.7. The van der Waals surface area contributed by atoms with E-state index in [-0.39, 0.29) is 53.4 Å². The van der Waals surface area contributed by atoms with Crippen LogP contribution in [0, 0.1) is 0 Å². The van der Waals surface area contributed by atoms with Gasteiger partial charge in [-0.1, -0.05) is 39.0 Å². The fourth-order valence-corrected chi connectivity index (χ4v) is 13.9. The number of urea groups is 1. The molecule has 4 N–H and O–H groups in total. The van der Waals surface area contributed by atoms with Crippen LogP contribution in [0.4, 0.5) is 10.5 Å². The number of aromatic amines is 1. The third kappa shape index (κ3) is 14.1. The lowest BCUT2D eigenvalue weighted by molar-refractivity contribution is -0.170. The van der Waals surface area contributed by atoms with Crippen LogP contribution in [0.1, 0.15) is 111 Å². The van der Waals surface area contributed by atoms with Gasteiger partial charge in [-0.15, -0.1) is 11.3 Å². The predicted octanol–water partition coefficient (Wildman–Crippen LogP) is 7.05. The van der Waals surface area contributed by atoms with Gasteiger partial charge in [0.05, 0.1) is 30.9 Å². The van der Waals surface area contributed by atoms with Crippen LogP contribution >= 0.6 is 11.3 Å². The number of rotatable bonds is 27. The molecule has 400 valence electrons. The van der Waals surface area contributed by atoms with E-state index in [9.17, 15) is 36.0 Å². The Morgan fingerprint density at radius 2 is 1.73 bits per heavy atom. The van der Waals surface area contributed by atoms with Crippen molar-refractivity contribution in [2.45, 2.75) is 137 Å². The van der Waals surface area contributed by atoms with Crippen LogP contribution in [0.2, 0.25) is 0 Å². The fourth-order valence-electron chi connectivity index (χ4n) is 8.92. The Hall–Kier alpha value is -5.23. The number of H-pyrrole nitrogens is 1. The van der Waals surface area contributed by atoms with Gasteiger partial charge in [0.1, 0.15) is 43.8 Å². The average Bonchev–Trinajstić information content (AvgIpc) is 4.19. The summed E-state index contributed by atoms with van der Waals surface area (Å²) in [6.45, 7) is 15.5. The Morgan fingerprint density at radius 1 is 0.986 bits per heavy atom. The number of aromatic nitrogens is 2. The number of fused-ring (bicyclic) bond motifs is 1. The molecule has 2 aromatic heterocycles. The van der Waals surface area contributed by atoms with Gasteiger partial charge in [0.25, 0.3) is 10.0 Å². The summed E-state index contributed by atoms with van der Waals surface area (Å²) in [5.74, 6) is -0.831. The zero-order chi connectivity index (χ0) is 53.1. The first-order chi connectivity index (χ1) is 34.7. The molecule has 4 aromatic rings. The van der Waals surface area contributed by atoms with Crippen LogP contribution in [0.15, 0.2) is 69.3 Å². The number of hydrogen-bond donors (Lipinski definition) is 4. The first-order valence-electron chi connectivity index (χ1n) is 24.9. The lowest BCUT2D eigenvalue weighted by atomic mass is 9.91. The number of nitrogens with zero attached hydrogens (tertiary/aromatic N) is 3. The minimum Gasteiger partial charge on any atom is -0.497 e. The standard InChI is InChI=1S/C51H71N7O12S3/c1-9-50(6,44(59)19-20-45(60)56-73(65,66)46-30-40-42(52-11-3)27-34(4)72(63,64)48(40)71-46)70-35(5)47(61)51(7,10-2)69-26-24-58(33-36-15-14-16-39(28-36)67-8)49(62)55-41-18-17-37(38-31-53-54-32-38)29-43(41)68-25-23-57-21-12-13-22-57/h14-18,28-32,34-35,42,52H,9-13,19-27,33H2,1-8H3,(H,53,54)(H,55,62)(H,56,60)/t34-,35?,42-,50?,51?/m0/s1. The van der Waals surface area contributed by atoms with Crippen molar-refractivity contribution in [2.75, 3.05) is 58.4 Å². The van der Waals surface area contributed by atoms with Crippen molar-refractivity contribution >= 4 is 60.4 Å². The molecule has 0 bridgehead atoms. The molecular formula is C51H71N7O12S3. The molecule has 73 heavy (non-hydrogen) atoms. The van der Waals surface area contributed by atoms with E-state index in [1.54, 1.807) is 58.2 Å². The van der Waals surface area contributed by atoms with Gasteiger partial charge in [-0.3, -0.25) is 24.4 Å². The summed E-state index contributed by atoms with van der Waals surface area (Å²) in [5, 5.41) is 12.5. The van der Waals surface area contributed by atoms with Crippen LogP contribution in [0.25, 0.3) is 11.1 Å². The summed E-state index contributed by atoms with van der Waals surface area (Å²) in [6, 6.07) is 13.4. The SMILES string of the molecule is CCN[C@H]1C[C@H](C)S(=O)(=O)c2sc(S(=O)(=O)NC(=O)CCC(=O)C(C)(CC)OC(C)C(=O)C(C)(CC)OCCN(Cc3cccc(OC)c3)C(=O)Nc3ccc(-c4cn[nH]c4)cc3OCCN3CCCC3)cc21. The highest BCUT2D eigenvalue weighted by molar-refractivity contribution is 7.95. The number of sulfone groups is 1. The van der Waals surface area contributed by atoms with Crippen molar-refractivity contribution < 1.29 is 55.0 Å². The third-order valence-corrected chi connectivity index (χ3v) is 19.5. The molecule has 2 aliphatic heterocycles. The van der Waals surface area contributed by atoms with E-state index in [4.69, 9.17) is 18.9 Å². The summed E-state index contributed by atoms with van der Waals surface area (Å²) in [5.41, 5.74) is 0.373. The number of carbonyl (C=O) groups is 4. The number of ether oxygens (including phenoxy) is 4. The van der Waals surface area contributed by atoms with Crippen LogP contribution in [0.3, 0.4) is 0 Å². The molecule has 3 amide bonds. The number of ketones is 2. The summed E-state index contributed by atoms with van der Waals surface area (Å²) in [4.78, 5) is 59.3. The molecule has 3 unspecified atom stereocenters. The molecule has 2 aliphatic rings. The Balaban J connectivity index is 1.09. The number of hydrogen-bond acceptors (Lipinski definition) is 16. The molecule has 4 heterocycles. The maximum absolute atomic E-state index is 14.3. The van der Waals surface area contributed by atoms with Gasteiger partial charge in [-0.25, -0.2) is 26.4 Å². The topological polar surface area (TPSA) is 245 Å². The number of nitrogens with one attached hydrogen (secondary N) is 4. The van der Waals surface area contributed by atoms with Gasteiger partial charge in [0.15, 0.2) is 21.4 Å². The van der Waals surface area contributed by atoms with Gasteiger partial charge < -0.3 is 34.5 Å². The number of thiophene rings is 1. The maximum atomic E-state index is 14.3. The number of methoxy groups -OCH3 is 1. The van der Waals surface area contributed by atoms with Gasteiger partial charge >= 0.3 is 6.03 Å². The number of amides is 3. The van der Waals surface area contributed by atoms with Crippen LogP contribution in [0.5, 0.6) is 11.5 Å². The highest BCUT2D eigenvalue weighted by atomic mass is 32.3. The van der Waals surface area contributed by atoms with Crippen LogP contribution in [-0.4, -0.2) is 136 Å². The van der Waals surface area contributed by atoms with Crippen LogP contribution < -0.4 is 24.8 Å². The number of Topliss-reactive ketones (excluding diaryl/α,β-unsaturated/α-hetero) is 2. The quantitative estimate of drug-likeness (QED) is 0.0467. The smallest absolute Gasteiger partial charge is 0.322 e. The van der Waals surface area contributed by atoms with Crippen molar-refractivity contribution in [2.24, 2.45) is 0 Å². The fraction of sp³-hybridized carbons (Fsp3) is 0.549. The summed E-state index contributed by atoms with van der Waals surface area (Å²) in [7, 11) is -6.69. The van der Waals surface area contributed by atoms with Gasteiger partial charge in [0.2, 0.25) is 5.91 Å². The largest absolute Gasteiger partial charge is 0.497 e. The van der Waals surface area contributed by atoms with Crippen molar-refractivity contribution in [1.29, 1.82) is 0 Å². The molecule has 0 radical (unpaired) electrons. The second-order valence-electron chi connectivity index (χ2n) is 18.9. The van der Waals surface area contributed by atoms with E-state index in [1.807, 2.05) is 48.0 Å². The number of benzene rings is 2. The molecule has 22 heteroatoms. The second-order valence-corrected chi connectivity index (χ2v) is 24.4. The molecule has 1 fully saturated rings. The number of sulfonamides is 1. The molecule has 0 aliphatic carbocycles. The highest BCUT2D eigenvalue weighted by Gasteiger charge is 2.43. The van der Waals surface area contributed by atoms with Crippen molar-refractivity contribution in [3.05, 3.63) is 72.1 Å². The lowest BCUT2D eigenvalue weighted by Crippen LogP contribution is -2.50. The van der Waals surface area contributed by atoms with Gasteiger partial charge in [0, 0.05) is 55.8 Å². The van der Waals surface area contributed by atoms with Crippen LogP contribution in [-0.2, 0) is 50.3 Å².